The molecule has 2 N–H and O–H groups in total. The van der Waals surface area contributed by atoms with Crippen LogP contribution in [0.2, 0.25) is 0 Å². The fraction of sp³-hybridized carbons (Fsp3) is 0.241. The maximum Gasteiger partial charge on any atom is 0.135 e. The monoisotopic (exact) mass is 508 g/mol. The standard InChI is InChI=1S/C29H29FN8/c1-17-32-16-27(38(17)4)23-7-8-24-28(34-23)29(36-35-24)25-13-21-22(14-31-15-26(21)33-25)19-10-18(11-20(30)12-19)6-5-9-37(2)3/h7-8,10-16,33H,5-6,9H2,1-4H3,(H,35,36). The molecule has 192 valence electrons. The molecule has 0 aliphatic rings. The summed E-state index contributed by atoms with van der Waals surface area (Å²) < 4.78 is 16.7. The second-order valence-electron chi connectivity index (χ2n) is 10.0. The van der Waals surface area contributed by atoms with E-state index in [2.05, 4.69) is 36.1 Å². The van der Waals surface area contributed by atoms with Crippen LogP contribution in [0.4, 0.5) is 4.39 Å². The molecule has 6 rings (SSSR count). The summed E-state index contributed by atoms with van der Waals surface area (Å²) in [4.78, 5) is 19.4. The third-order valence-electron chi connectivity index (χ3n) is 7.03. The number of imidazole rings is 1. The first-order valence-electron chi connectivity index (χ1n) is 12.6. The topological polar surface area (TPSA) is 91.3 Å². The molecule has 9 heteroatoms. The average Bonchev–Trinajstić information content (AvgIpc) is 3.59. The van der Waals surface area contributed by atoms with Gasteiger partial charge in [0.15, 0.2) is 0 Å². The second-order valence-corrected chi connectivity index (χ2v) is 10.0. The first-order valence-corrected chi connectivity index (χ1v) is 12.6. The van der Waals surface area contributed by atoms with Gasteiger partial charge >= 0.3 is 0 Å². The van der Waals surface area contributed by atoms with Gasteiger partial charge in [-0.15, -0.1) is 0 Å². The van der Waals surface area contributed by atoms with Crippen LogP contribution in [0.25, 0.3) is 55.8 Å². The molecule has 0 unspecified atom stereocenters. The highest BCUT2D eigenvalue weighted by atomic mass is 19.1. The SMILES string of the molecule is Cc1ncc(-c2ccc3[nH]nc(-c4cc5c(-c6cc(F)cc(CCCN(C)C)c6)cncc5[nH]4)c3n2)n1C. The smallest absolute Gasteiger partial charge is 0.135 e. The van der Waals surface area contributed by atoms with Crippen molar-refractivity contribution in [2.75, 3.05) is 20.6 Å². The number of nitrogens with one attached hydrogen (secondary N) is 2. The number of pyridine rings is 2. The van der Waals surface area contributed by atoms with Crippen molar-refractivity contribution in [3.63, 3.8) is 0 Å². The van der Waals surface area contributed by atoms with Gasteiger partial charge in [-0.2, -0.15) is 5.10 Å². The van der Waals surface area contributed by atoms with Gasteiger partial charge in [0.1, 0.15) is 22.9 Å². The minimum absolute atomic E-state index is 0.240. The van der Waals surface area contributed by atoms with Crippen molar-refractivity contribution in [1.82, 2.24) is 39.6 Å². The van der Waals surface area contributed by atoms with Crippen LogP contribution in [0, 0.1) is 12.7 Å². The van der Waals surface area contributed by atoms with Crippen LogP contribution in [0.5, 0.6) is 0 Å². The molecule has 5 heterocycles. The molecule has 0 spiro atoms. The van der Waals surface area contributed by atoms with Gasteiger partial charge in [0.05, 0.1) is 40.5 Å². The lowest BCUT2D eigenvalue weighted by molar-refractivity contribution is 0.400. The van der Waals surface area contributed by atoms with Crippen molar-refractivity contribution in [3.8, 4) is 33.9 Å². The number of nitrogens with zero attached hydrogens (tertiary/aromatic N) is 6. The summed E-state index contributed by atoms with van der Waals surface area (Å²) >= 11 is 0. The van der Waals surface area contributed by atoms with E-state index in [1.807, 2.05) is 57.0 Å². The number of hydrogen-bond donors (Lipinski definition) is 2. The maximum atomic E-state index is 14.6. The van der Waals surface area contributed by atoms with E-state index in [0.717, 1.165) is 80.9 Å². The Labute approximate surface area is 219 Å². The van der Waals surface area contributed by atoms with Crippen LogP contribution >= 0.6 is 0 Å². The fourth-order valence-corrected chi connectivity index (χ4v) is 4.93. The molecule has 0 amide bonds. The van der Waals surface area contributed by atoms with E-state index in [1.165, 1.54) is 0 Å². The lowest BCUT2D eigenvalue weighted by Gasteiger charge is -2.10. The van der Waals surface area contributed by atoms with E-state index in [-0.39, 0.29) is 5.82 Å². The predicted molar refractivity (Wildman–Crippen MR) is 148 cm³/mol. The summed E-state index contributed by atoms with van der Waals surface area (Å²) in [6.45, 7) is 2.92. The molecule has 0 radical (unpaired) electrons. The summed E-state index contributed by atoms with van der Waals surface area (Å²) in [7, 11) is 6.07. The van der Waals surface area contributed by atoms with Crippen LogP contribution in [0.15, 0.2) is 55.0 Å². The Morgan fingerprint density at radius 1 is 1.03 bits per heavy atom. The molecule has 0 bridgehead atoms. The minimum Gasteiger partial charge on any atom is -0.352 e. The van der Waals surface area contributed by atoms with E-state index in [9.17, 15) is 4.39 Å². The van der Waals surface area contributed by atoms with E-state index in [1.54, 1.807) is 24.5 Å². The minimum atomic E-state index is -0.240. The Morgan fingerprint density at radius 2 is 1.89 bits per heavy atom. The van der Waals surface area contributed by atoms with Crippen LogP contribution in [0.1, 0.15) is 17.8 Å². The third-order valence-corrected chi connectivity index (χ3v) is 7.03. The van der Waals surface area contributed by atoms with Gasteiger partial charge in [0, 0.05) is 24.2 Å². The Bertz CT molecular complexity index is 1770. The normalized spacial score (nSPS) is 11.8. The first kappa shape index (κ1) is 24.0. The number of aromatic amines is 2. The lowest BCUT2D eigenvalue weighted by atomic mass is 9.99. The molecule has 1 aromatic carbocycles. The van der Waals surface area contributed by atoms with Gasteiger partial charge in [-0.1, -0.05) is 6.07 Å². The Balaban J connectivity index is 1.41. The molecular weight excluding hydrogens is 479 g/mol. The number of benzene rings is 1. The zero-order chi connectivity index (χ0) is 26.4. The Kier molecular flexibility index (Phi) is 6.00. The molecular formula is C29H29FN8. The highest BCUT2D eigenvalue weighted by Gasteiger charge is 2.17. The highest BCUT2D eigenvalue weighted by molar-refractivity contribution is 6.00. The largest absolute Gasteiger partial charge is 0.352 e. The van der Waals surface area contributed by atoms with Crippen LogP contribution in [-0.4, -0.2) is 60.2 Å². The van der Waals surface area contributed by atoms with Crippen molar-refractivity contribution < 1.29 is 4.39 Å². The Hall–Kier alpha value is -4.37. The predicted octanol–water partition coefficient (Wildman–Crippen LogP) is 5.51. The van der Waals surface area contributed by atoms with Gasteiger partial charge in [0.2, 0.25) is 0 Å². The van der Waals surface area contributed by atoms with Crippen molar-refractivity contribution >= 4 is 21.9 Å². The zero-order valence-electron chi connectivity index (χ0n) is 21.9. The second kappa shape index (κ2) is 9.50. The quantitative estimate of drug-likeness (QED) is 0.297. The van der Waals surface area contributed by atoms with Gasteiger partial charge in [-0.25, -0.2) is 14.4 Å². The summed E-state index contributed by atoms with van der Waals surface area (Å²) in [6, 6.07) is 11.3. The van der Waals surface area contributed by atoms with Crippen molar-refractivity contribution in [1.29, 1.82) is 0 Å². The molecule has 0 saturated carbocycles. The maximum absolute atomic E-state index is 14.6. The summed E-state index contributed by atoms with van der Waals surface area (Å²) in [5.74, 6) is 0.679. The third kappa shape index (κ3) is 4.35. The van der Waals surface area contributed by atoms with Gasteiger partial charge in [0.25, 0.3) is 0 Å². The van der Waals surface area contributed by atoms with Crippen molar-refractivity contribution in [2.45, 2.75) is 19.8 Å². The van der Waals surface area contributed by atoms with Crippen molar-refractivity contribution in [3.05, 3.63) is 72.2 Å². The molecule has 0 aliphatic carbocycles. The summed E-state index contributed by atoms with van der Waals surface area (Å²) in [6.07, 6.45) is 7.19. The summed E-state index contributed by atoms with van der Waals surface area (Å²) in [5.41, 5.74) is 8.41. The number of H-pyrrole nitrogens is 2. The van der Waals surface area contributed by atoms with E-state index in [4.69, 9.17) is 4.98 Å². The molecule has 0 aliphatic heterocycles. The molecule has 0 atom stereocenters. The number of aromatic nitrogens is 7. The number of halogens is 1. The fourth-order valence-electron chi connectivity index (χ4n) is 4.93. The molecule has 5 aromatic heterocycles. The van der Waals surface area contributed by atoms with Gasteiger partial charge < -0.3 is 14.5 Å². The van der Waals surface area contributed by atoms with Crippen LogP contribution < -0.4 is 0 Å². The van der Waals surface area contributed by atoms with E-state index < -0.39 is 0 Å². The van der Waals surface area contributed by atoms with Crippen molar-refractivity contribution in [2.24, 2.45) is 7.05 Å². The van der Waals surface area contributed by atoms with E-state index >= 15 is 0 Å². The van der Waals surface area contributed by atoms with Gasteiger partial charge in [-0.05, 0) is 81.9 Å². The first-order chi connectivity index (χ1) is 18.4. The number of rotatable bonds is 7. The van der Waals surface area contributed by atoms with Gasteiger partial charge in [-0.3, -0.25) is 10.1 Å². The molecule has 6 aromatic rings. The molecule has 0 fully saturated rings. The van der Waals surface area contributed by atoms with Crippen LogP contribution in [-0.2, 0) is 13.5 Å². The number of aryl methyl sites for hydroxylation is 2. The summed E-state index contributed by atoms with van der Waals surface area (Å²) in [5, 5.41) is 8.62. The van der Waals surface area contributed by atoms with E-state index in [0.29, 0.717) is 5.69 Å². The number of hydrogen-bond acceptors (Lipinski definition) is 5. The zero-order valence-corrected chi connectivity index (χ0v) is 21.9. The number of fused-ring (bicyclic) bond motifs is 2. The average molecular weight is 509 g/mol. The molecule has 38 heavy (non-hydrogen) atoms. The molecule has 8 nitrogen and oxygen atoms in total. The Morgan fingerprint density at radius 3 is 2.68 bits per heavy atom. The molecule has 0 saturated heterocycles. The van der Waals surface area contributed by atoms with Crippen LogP contribution in [0.3, 0.4) is 0 Å². The highest BCUT2D eigenvalue weighted by Crippen LogP contribution is 2.34. The lowest BCUT2D eigenvalue weighted by Crippen LogP contribution is -2.13.